The van der Waals surface area contributed by atoms with Crippen molar-refractivity contribution in [3.63, 3.8) is 0 Å². The van der Waals surface area contributed by atoms with Crippen LogP contribution in [-0.2, 0) is 69.4 Å². The molecule has 0 radical (unpaired) electrons. The average molecular weight is 1120 g/mol. The van der Waals surface area contributed by atoms with Gasteiger partial charge in [0.25, 0.3) is 42.2 Å². The predicted octanol–water partition coefficient (Wildman–Crippen LogP) is 4.34. The van der Waals surface area contributed by atoms with Gasteiger partial charge in [0.05, 0.1) is 21.8 Å². The third kappa shape index (κ3) is 17.7. The minimum atomic E-state index is -4.66. The fourth-order valence-corrected chi connectivity index (χ4v) is 11.3. The largest absolute Gasteiger partial charge is 0.356 e. The first kappa shape index (κ1) is 61.2. The number of hydrogen-bond donors (Lipinski definition) is 6. The zero-order valence-electron chi connectivity index (χ0n) is 43.3. The summed E-state index contributed by atoms with van der Waals surface area (Å²) in [6.07, 6.45) is 13.6. The van der Waals surface area contributed by atoms with E-state index in [1.807, 2.05) is 25.3 Å². The van der Waals surface area contributed by atoms with E-state index in [0.717, 1.165) is 0 Å². The molecule has 0 aliphatic carbocycles. The second-order valence-corrected chi connectivity index (χ2v) is 24.5. The molecule has 1 aromatic carbocycles. The van der Waals surface area contributed by atoms with Gasteiger partial charge in [-0.05, 0) is 110 Å². The summed E-state index contributed by atoms with van der Waals surface area (Å²) in [5.41, 5.74) is 1.25. The SMILES string of the molecule is CC1=NN(CCCS(=O)(=O)O)/C2=C/C=C/C=C/C3=[N+](CCCCCC(=O)NC(C(=O)NCCCCCC(=O)ON4C(=O)CCC4=O)CCCCNC(=O)CCC12C)c1ccc(S(=O)(=O)O)cc1C3(C)CCCS(=O)(=O)O. The number of hydrogen-bond acceptors (Lipinski definition) is 15. The Morgan fingerprint density at radius 2 is 1.54 bits per heavy atom. The highest BCUT2D eigenvalue weighted by molar-refractivity contribution is 7.86. The predicted molar refractivity (Wildman–Crippen MR) is 280 cm³/mol. The Labute approximate surface area is 444 Å². The summed E-state index contributed by atoms with van der Waals surface area (Å²) in [6, 6.07) is 3.29. The Kier molecular flexibility index (Phi) is 21.8. The van der Waals surface area contributed by atoms with Gasteiger partial charge in [0.15, 0.2) is 5.71 Å². The Balaban J connectivity index is 1.38. The standard InChI is InChI=1S/C50H71N7O16S3/c1-36-49(2)28-26-43(58)51-29-13-11-17-39(48(63)52-30-12-5-10-21-47(62)73-57-45(60)24-25-46(57)61)53-44(59)20-9-6-14-31-55-40-23-22-37(76(70,71)72)35-38(40)50(3,27-15-33-74(64,65)66)41(55)18-7-4-8-19-42(49)56(54-36)32-16-34-75(67,68)69/h4,7-8,18-19,22-23,35,39H,5-6,9-17,20-21,24-34H2,1-3H3,(H5-,51,52,53,58,59,63,64,65,66,67,68,69,70,71,72)/p+1. The zero-order chi connectivity index (χ0) is 55.9. The van der Waals surface area contributed by atoms with E-state index in [0.29, 0.717) is 104 Å². The number of amides is 5. The van der Waals surface area contributed by atoms with Gasteiger partial charge in [0.1, 0.15) is 12.6 Å². The number of benzene rings is 1. The molecule has 0 aromatic heterocycles. The molecule has 76 heavy (non-hydrogen) atoms. The lowest BCUT2D eigenvalue weighted by Crippen LogP contribution is -2.47. The van der Waals surface area contributed by atoms with Gasteiger partial charge >= 0.3 is 5.97 Å². The zero-order valence-corrected chi connectivity index (χ0v) is 45.8. The van der Waals surface area contributed by atoms with E-state index >= 15 is 0 Å². The lowest BCUT2D eigenvalue weighted by Gasteiger charge is -2.29. The van der Waals surface area contributed by atoms with Crippen molar-refractivity contribution in [1.29, 1.82) is 0 Å². The summed E-state index contributed by atoms with van der Waals surface area (Å²) in [5.74, 6) is -3.91. The quantitative estimate of drug-likeness (QED) is 0.0547. The summed E-state index contributed by atoms with van der Waals surface area (Å²) in [6.45, 7) is 6.59. The molecule has 1 aromatic rings. The van der Waals surface area contributed by atoms with E-state index in [1.165, 1.54) is 12.1 Å². The Morgan fingerprint density at radius 3 is 2.24 bits per heavy atom. The summed E-state index contributed by atoms with van der Waals surface area (Å²) >= 11 is 0. The molecule has 0 saturated carbocycles. The van der Waals surface area contributed by atoms with Crippen LogP contribution in [-0.4, -0.2) is 144 Å². The summed E-state index contributed by atoms with van der Waals surface area (Å²) < 4.78 is 103. The van der Waals surface area contributed by atoms with Gasteiger partial charge in [-0.1, -0.05) is 24.6 Å². The van der Waals surface area contributed by atoms with E-state index < -0.39 is 82.4 Å². The van der Waals surface area contributed by atoms with Gasteiger partial charge in [-0.3, -0.25) is 42.6 Å². The minimum Gasteiger partial charge on any atom is -0.356 e. The Morgan fingerprint density at radius 1 is 0.829 bits per heavy atom. The number of fused-ring (bicyclic) bond motifs is 3. The molecule has 3 atom stereocenters. The van der Waals surface area contributed by atoms with Crippen LogP contribution in [0.5, 0.6) is 0 Å². The molecule has 5 amide bonds. The number of nitrogens with one attached hydrogen (secondary N) is 3. The molecule has 4 aliphatic rings. The van der Waals surface area contributed by atoms with Crippen LogP contribution in [0.4, 0.5) is 5.69 Å². The van der Waals surface area contributed by atoms with Crippen LogP contribution in [0.25, 0.3) is 0 Å². The van der Waals surface area contributed by atoms with E-state index in [9.17, 15) is 67.7 Å². The van der Waals surface area contributed by atoms with Gasteiger partial charge in [0.2, 0.25) is 23.4 Å². The molecular formula is C50H72N7O16S3+. The molecule has 0 bridgehead atoms. The highest BCUT2D eigenvalue weighted by Gasteiger charge is 2.48. The number of hydroxylamine groups is 2. The van der Waals surface area contributed by atoms with Gasteiger partial charge in [0, 0.05) is 92.7 Å². The third-order valence-electron chi connectivity index (χ3n) is 14.1. The van der Waals surface area contributed by atoms with Crippen molar-refractivity contribution in [3.8, 4) is 0 Å². The first-order valence-electron chi connectivity index (χ1n) is 25.7. The van der Waals surface area contributed by atoms with Crippen LogP contribution < -0.4 is 16.0 Å². The Bertz CT molecular complexity index is 2850. The van der Waals surface area contributed by atoms with Crippen LogP contribution in [0.2, 0.25) is 0 Å². The molecule has 4 heterocycles. The van der Waals surface area contributed by atoms with Crippen molar-refractivity contribution in [1.82, 2.24) is 26.0 Å². The minimum absolute atomic E-state index is 0.0117. The Hall–Kier alpha value is -5.67. The van der Waals surface area contributed by atoms with Crippen molar-refractivity contribution in [2.24, 2.45) is 10.5 Å². The monoisotopic (exact) mass is 1120 g/mol. The van der Waals surface area contributed by atoms with Crippen molar-refractivity contribution in [3.05, 3.63) is 59.8 Å². The first-order valence-corrected chi connectivity index (χ1v) is 30.3. The molecule has 3 unspecified atom stereocenters. The second-order valence-electron chi connectivity index (χ2n) is 19.9. The summed E-state index contributed by atoms with van der Waals surface area (Å²) in [7, 11) is -13.3. The number of nitrogens with zero attached hydrogens (tertiary/aromatic N) is 4. The highest BCUT2D eigenvalue weighted by atomic mass is 32.2. The average Bonchev–Trinajstić information content (AvgIpc) is 3.86. The number of carbonyl (C=O) groups excluding carboxylic acids is 6. The summed E-state index contributed by atoms with van der Waals surface area (Å²) in [5, 5.41) is 15.5. The van der Waals surface area contributed by atoms with Crippen LogP contribution in [0, 0.1) is 5.41 Å². The van der Waals surface area contributed by atoms with E-state index in [-0.39, 0.29) is 87.6 Å². The smallest absolute Gasteiger partial charge is 0.333 e. The number of unbranched alkanes of at least 4 members (excludes halogenated alkanes) is 2. The number of hydrazone groups is 1. The van der Waals surface area contributed by atoms with Crippen LogP contribution in [0.15, 0.2) is 64.3 Å². The van der Waals surface area contributed by atoms with Gasteiger partial charge in [-0.2, -0.15) is 34.9 Å². The molecule has 5 rings (SSSR count). The van der Waals surface area contributed by atoms with Crippen molar-refractivity contribution in [2.45, 2.75) is 153 Å². The number of rotatable bonds is 17. The molecule has 0 spiro atoms. The molecule has 4 aliphatic heterocycles. The molecule has 1 saturated heterocycles. The van der Waals surface area contributed by atoms with Crippen molar-refractivity contribution >= 4 is 83.0 Å². The summed E-state index contributed by atoms with van der Waals surface area (Å²) in [4.78, 5) is 80.5. The third-order valence-corrected chi connectivity index (χ3v) is 16.5. The van der Waals surface area contributed by atoms with E-state index in [1.54, 1.807) is 41.5 Å². The topological polar surface area (TPSA) is 333 Å². The molecule has 23 nitrogen and oxygen atoms in total. The van der Waals surface area contributed by atoms with Gasteiger partial charge < -0.3 is 20.8 Å². The maximum atomic E-state index is 13.5. The lowest BCUT2D eigenvalue weighted by molar-refractivity contribution is -0.438. The van der Waals surface area contributed by atoms with E-state index in [4.69, 9.17) is 9.94 Å². The van der Waals surface area contributed by atoms with Gasteiger partial charge in [-0.25, -0.2) is 4.79 Å². The van der Waals surface area contributed by atoms with Crippen LogP contribution in [0.1, 0.15) is 142 Å². The molecule has 26 heteroatoms. The molecular weight excluding hydrogens is 1050 g/mol. The fraction of sp³-hybridized carbons (Fsp3) is 0.600. The second kappa shape index (κ2) is 27.1. The fourth-order valence-electron chi connectivity index (χ4n) is 9.76. The van der Waals surface area contributed by atoms with Crippen LogP contribution >= 0.6 is 0 Å². The van der Waals surface area contributed by atoms with Crippen molar-refractivity contribution in [2.75, 3.05) is 37.7 Å². The van der Waals surface area contributed by atoms with Gasteiger partial charge in [-0.15, -0.1) is 5.06 Å². The van der Waals surface area contributed by atoms with Crippen LogP contribution in [0.3, 0.4) is 0 Å². The number of imide groups is 1. The van der Waals surface area contributed by atoms with E-state index in [2.05, 4.69) is 16.0 Å². The normalized spacial score (nSPS) is 24.4. The molecule has 6 N–H and O–H groups in total. The maximum Gasteiger partial charge on any atom is 0.333 e. The highest BCUT2D eigenvalue weighted by Crippen LogP contribution is 2.45. The molecule has 420 valence electrons. The first-order chi connectivity index (χ1) is 35.7. The molecule has 1 fully saturated rings. The lowest BCUT2D eigenvalue weighted by atomic mass is 9.76. The number of carbonyl (C=O) groups is 6. The van der Waals surface area contributed by atoms with Crippen molar-refractivity contribution < 1.29 is 77.1 Å². The number of allylic oxidation sites excluding steroid dienone is 6. The maximum absolute atomic E-state index is 13.5.